The Morgan fingerprint density at radius 3 is 2.68 bits per heavy atom. The summed E-state index contributed by atoms with van der Waals surface area (Å²) in [7, 11) is -0.960. The minimum atomic E-state index is -3.04. The third kappa shape index (κ3) is 2.95. The molecule has 2 N–H and O–H groups in total. The van der Waals surface area contributed by atoms with Crippen LogP contribution in [0.2, 0.25) is 0 Å². The molecule has 0 spiro atoms. The van der Waals surface area contributed by atoms with Crippen LogP contribution in [0, 0.1) is 0 Å². The van der Waals surface area contributed by atoms with Gasteiger partial charge < -0.3 is 10.6 Å². The first-order valence-electron chi connectivity index (χ1n) is 6.90. The van der Waals surface area contributed by atoms with Gasteiger partial charge in [0.2, 0.25) is 0 Å². The first-order valence-corrected chi connectivity index (χ1v) is 9.77. The second-order valence-corrected chi connectivity index (χ2v) is 9.19. The fraction of sp³-hybridized carbons (Fsp3) is 1.00. The molecule has 2 rings (SSSR count). The van der Waals surface area contributed by atoms with Gasteiger partial charge >= 0.3 is 0 Å². The van der Waals surface area contributed by atoms with E-state index in [2.05, 4.69) is 16.8 Å². The molecule has 0 aromatic heterocycles. The Morgan fingerprint density at radius 2 is 2.16 bits per heavy atom. The second-order valence-electron chi connectivity index (χ2n) is 5.59. The number of hydrogen-bond donors (Lipinski definition) is 1. The normalized spacial score (nSPS) is 34.8. The summed E-state index contributed by atoms with van der Waals surface area (Å²) in [5, 5.41) is -0.355. The molecule has 19 heavy (non-hydrogen) atoms. The molecule has 0 aromatic carbocycles. The highest BCUT2D eigenvalue weighted by atomic mass is 32.2. The van der Waals surface area contributed by atoms with E-state index in [-0.39, 0.29) is 16.7 Å². The minimum absolute atomic E-state index is 0.150. The molecular weight excluding hydrogens is 282 g/mol. The summed E-state index contributed by atoms with van der Waals surface area (Å²) in [6.45, 7) is 4.99. The molecule has 0 aromatic rings. The lowest BCUT2D eigenvalue weighted by atomic mass is 9.96. The molecule has 2 saturated heterocycles. The predicted molar refractivity (Wildman–Crippen MR) is 81.2 cm³/mol. The van der Waals surface area contributed by atoms with Gasteiger partial charge in [-0.2, -0.15) is 11.8 Å². The van der Waals surface area contributed by atoms with Crippen molar-refractivity contribution in [3.8, 4) is 0 Å². The molecule has 0 aliphatic carbocycles. The van der Waals surface area contributed by atoms with Crippen LogP contribution < -0.4 is 5.73 Å². The van der Waals surface area contributed by atoms with Gasteiger partial charge in [-0.3, -0.25) is 4.90 Å². The molecule has 2 unspecified atom stereocenters. The molecule has 2 atom stereocenters. The van der Waals surface area contributed by atoms with E-state index in [0.717, 1.165) is 31.8 Å². The van der Waals surface area contributed by atoms with Crippen molar-refractivity contribution >= 4 is 21.6 Å². The van der Waals surface area contributed by atoms with Crippen molar-refractivity contribution in [2.45, 2.75) is 24.3 Å². The van der Waals surface area contributed by atoms with E-state index in [1.807, 2.05) is 0 Å². The zero-order valence-electron chi connectivity index (χ0n) is 11.8. The summed E-state index contributed by atoms with van der Waals surface area (Å²) in [6.07, 6.45) is 0.973. The monoisotopic (exact) mass is 307 g/mol. The standard InChI is InChI=1S/C12H25N3O2S2/c1-3-19(16,17)11-8-18-7-6-15(11)12(9-13)4-5-14(2)10-12/h11H,3-10,13H2,1-2H3. The summed E-state index contributed by atoms with van der Waals surface area (Å²) < 4.78 is 24.7. The first-order chi connectivity index (χ1) is 8.95. The van der Waals surface area contributed by atoms with Gasteiger partial charge in [-0.05, 0) is 20.0 Å². The van der Waals surface area contributed by atoms with E-state index in [1.54, 1.807) is 18.7 Å². The Hall–Kier alpha value is 0.180. The lowest BCUT2D eigenvalue weighted by Gasteiger charge is -2.46. The summed E-state index contributed by atoms with van der Waals surface area (Å²) in [5.41, 5.74) is 5.89. The number of thioether (sulfide) groups is 1. The largest absolute Gasteiger partial charge is 0.329 e. The van der Waals surface area contributed by atoms with Gasteiger partial charge in [-0.15, -0.1) is 0 Å². The van der Waals surface area contributed by atoms with Crippen molar-refractivity contribution < 1.29 is 8.42 Å². The van der Waals surface area contributed by atoms with Crippen LogP contribution in [-0.2, 0) is 9.84 Å². The van der Waals surface area contributed by atoms with Gasteiger partial charge in [0.15, 0.2) is 9.84 Å². The quantitative estimate of drug-likeness (QED) is 0.778. The molecule has 2 aliphatic heterocycles. The minimum Gasteiger partial charge on any atom is -0.329 e. The number of likely N-dealkylation sites (tertiary alicyclic amines) is 1. The topological polar surface area (TPSA) is 66.6 Å². The Balaban J connectivity index is 2.29. The Bertz CT molecular complexity index is 415. The smallest absolute Gasteiger partial charge is 0.166 e. The molecule has 2 fully saturated rings. The van der Waals surface area contributed by atoms with E-state index < -0.39 is 9.84 Å². The average molecular weight is 307 g/mol. The maximum atomic E-state index is 12.4. The zero-order valence-corrected chi connectivity index (χ0v) is 13.5. The second kappa shape index (κ2) is 5.89. The number of sulfone groups is 1. The summed E-state index contributed by atoms with van der Waals surface area (Å²) in [5.74, 6) is 1.90. The van der Waals surface area contributed by atoms with Gasteiger partial charge in [0.25, 0.3) is 0 Å². The van der Waals surface area contributed by atoms with Gasteiger partial charge in [-0.1, -0.05) is 6.92 Å². The molecule has 0 bridgehead atoms. The van der Waals surface area contributed by atoms with Gasteiger partial charge in [0.1, 0.15) is 5.37 Å². The summed E-state index contributed by atoms with van der Waals surface area (Å²) >= 11 is 1.74. The van der Waals surface area contributed by atoms with Crippen LogP contribution in [-0.4, -0.2) is 79.6 Å². The van der Waals surface area contributed by atoms with Crippen LogP contribution in [0.5, 0.6) is 0 Å². The van der Waals surface area contributed by atoms with Gasteiger partial charge in [0.05, 0.1) is 0 Å². The van der Waals surface area contributed by atoms with Crippen molar-refractivity contribution in [3.63, 3.8) is 0 Å². The molecule has 2 aliphatic rings. The molecule has 0 radical (unpaired) electrons. The highest BCUT2D eigenvalue weighted by Gasteiger charge is 2.47. The summed E-state index contributed by atoms with van der Waals surface area (Å²) in [6, 6.07) is 0. The number of nitrogens with zero attached hydrogens (tertiary/aromatic N) is 2. The van der Waals surface area contributed by atoms with E-state index in [0.29, 0.717) is 12.3 Å². The molecule has 112 valence electrons. The van der Waals surface area contributed by atoms with Crippen LogP contribution in [0.15, 0.2) is 0 Å². The number of likely N-dealkylation sites (N-methyl/N-ethyl adjacent to an activating group) is 1. The molecule has 2 heterocycles. The van der Waals surface area contributed by atoms with E-state index in [4.69, 9.17) is 5.73 Å². The first kappa shape index (κ1) is 15.6. The molecular formula is C12H25N3O2S2. The van der Waals surface area contributed by atoms with E-state index >= 15 is 0 Å². The SMILES string of the molecule is CCS(=O)(=O)C1CSCCN1C1(CN)CCN(C)C1. The van der Waals surface area contributed by atoms with Crippen LogP contribution in [0.25, 0.3) is 0 Å². The van der Waals surface area contributed by atoms with Crippen molar-refractivity contribution in [1.29, 1.82) is 0 Å². The maximum absolute atomic E-state index is 12.4. The predicted octanol–water partition coefficient (Wildman–Crippen LogP) is -0.171. The lowest BCUT2D eigenvalue weighted by molar-refractivity contribution is 0.0972. The van der Waals surface area contributed by atoms with Crippen molar-refractivity contribution in [3.05, 3.63) is 0 Å². The van der Waals surface area contributed by atoms with Crippen LogP contribution in [0.4, 0.5) is 0 Å². The third-order valence-corrected chi connectivity index (χ3v) is 7.70. The van der Waals surface area contributed by atoms with Crippen LogP contribution in [0.3, 0.4) is 0 Å². The third-order valence-electron chi connectivity index (χ3n) is 4.41. The Labute approximate surface area is 120 Å². The Morgan fingerprint density at radius 1 is 1.42 bits per heavy atom. The summed E-state index contributed by atoms with van der Waals surface area (Å²) in [4.78, 5) is 4.45. The van der Waals surface area contributed by atoms with E-state index in [9.17, 15) is 8.42 Å². The molecule has 0 saturated carbocycles. The van der Waals surface area contributed by atoms with Crippen LogP contribution in [0.1, 0.15) is 13.3 Å². The van der Waals surface area contributed by atoms with E-state index in [1.165, 1.54) is 0 Å². The highest BCUT2D eigenvalue weighted by Crippen LogP contribution is 2.33. The molecule has 7 heteroatoms. The number of hydrogen-bond acceptors (Lipinski definition) is 6. The highest BCUT2D eigenvalue weighted by molar-refractivity contribution is 8.01. The average Bonchev–Trinajstić information content (AvgIpc) is 2.81. The Kier molecular flexibility index (Phi) is 4.83. The fourth-order valence-electron chi connectivity index (χ4n) is 3.19. The molecule has 5 nitrogen and oxygen atoms in total. The number of rotatable bonds is 4. The van der Waals surface area contributed by atoms with Gasteiger partial charge in [0, 0.05) is 42.4 Å². The van der Waals surface area contributed by atoms with Crippen LogP contribution >= 0.6 is 11.8 Å². The lowest BCUT2D eigenvalue weighted by Crippen LogP contribution is -2.63. The van der Waals surface area contributed by atoms with Crippen molar-refractivity contribution in [1.82, 2.24) is 9.80 Å². The molecule has 0 amide bonds. The maximum Gasteiger partial charge on any atom is 0.166 e. The van der Waals surface area contributed by atoms with Crippen molar-refractivity contribution in [2.75, 3.05) is 50.5 Å². The number of nitrogens with two attached hydrogens (primary N) is 1. The fourth-order valence-corrected chi connectivity index (χ4v) is 6.28. The van der Waals surface area contributed by atoms with Crippen molar-refractivity contribution in [2.24, 2.45) is 5.73 Å². The van der Waals surface area contributed by atoms with Gasteiger partial charge in [-0.25, -0.2) is 8.42 Å². The zero-order chi connectivity index (χ0) is 14.1.